The van der Waals surface area contributed by atoms with Gasteiger partial charge >= 0.3 is 11.9 Å². The highest BCUT2D eigenvalue weighted by molar-refractivity contribution is 6.21. The summed E-state index contributed by atoms with van der Waals surface area (Å²) in [6.07, 6.45) is 0.350. The fraction of sp³-hybridized carbons (Fsp3) is 0.533. The van der Waals surface area contributed by atoms with Gasteiger partial charge < -0.3 is 19.5 Å². The number of aliphatic imine (C=N–C) groups is 1. The van der Waals surface area contributed by atoms with Crippen molar-refractivity contribution in [3.05, 3.63) is 12.0 Å². The molecule has 0 aliphatic carbocycles. The molecule has 1 fully saturated rings. The van der Waals surface area contributed by atoms with Crippen molar-refractivity contribution < 1.29 is 28.6 Å². The first-order valence-electron chi connectivity index (χ1n) is 7.84. The van der Waals surface area contributed by atoms with E-state index < -0.39 is 35.8 Å². The van der Waals surface area contributed by atoms with Crippen LogP contribution < -0.4 is 5.32 Å². The maximum absolute atomic E-state index is 12.0. The van der Waals surface area contributed by atoms with E-state index in [9.17, 15) is 14.4 Å². The van der Waals surface area contributed by atoms with Crippen molar-refractivity contribution in [2.45, 2.75) is 37.7 Å². The standard InChI is InChI=1S/C15H17ClN4O6/c1-7(21)24-4-10-13(25-8(2)22)11(16)15(26-10)20-6-19-12-9(23)3-17-5-18-14(12)20/h5-6,10-11,13,15H,3-4H2,1-2H3,(H,17,18)/t10-,11-,13-,15-/m1/s1. The van der Waals surface area contributed by atoms with Crippen LogP contribution in [-0.2, 0) is 23.8 Å². The number of halogens is 1. The SMILES string of the molecule is CC(=O)OC[C@H]1O[C@@H](n2cnc3c2N=CNCC3=O)[C@H](Cl)[C@@H]1OC(C)=O. The number of esters is 2. The Morgan fingerprint density at radius 2 is 2.19 bits per heavy atom. The predicted molar refractivity (Wildman–Crippen MR) is 88.5 cm³/mol. The van der Waals surface area contributed by atoms with Crippen LogP contribution in [-0.4, -0.2) is 64.3 Å². The van der Waals surface area contributed by atoms with Crippen LogP contribution in [0.4, 0.5) is 5.82 Å². The molecule has 10 nitrogen and oxygen atoms in total. The van der Waals surface area contributed by atoms with E-state index in [1.54, 1.807) is 0 Å². The summed E-state index contributed by atoms with van der Waals surface area (Å²) in [6, 6.07) is 0. The molecule has 1 aromatic rings. The summed E-state index contributed by atoms with van der Waals surface area (Å²) < 4.78 is 17.6. The van der Waals surface area contributed by atoms with Gasteiger partial charge in [-0.15, -0.1) is 11.6 Å². The summed E-state index contributed by atoms with van der Waals surface area (Å²) in [5.41, 5.74) is 0.186. The van der Waals surface area contributed by atoms with Crippen molar-refractivity contribution in [2.75, 3.05) is 13.2 Å². The number of hydrogen-bond acceptors (Lipinski definition) is 9. The van der Waals surface area contributed by atoms with E-state index in [0.717, 1.165) is 0 Å². The lowest BCUT2D eigenvalue weighted by molar-refractivity contribution is -0.155. The molecule has 1 N–H and O–H groups in total. The highest BCUT2D eigenvalue weighted by atomic mass is 35.5. The Balaban J connectivity index is 1.89. The van der Waals surface area contributed by atoms with E-state index in [1.807, 2.05) is 0 Å². The van der Waals surface area contributed by atoms with Gasteiger partial charge in [0.1, 0.15) is 18.1 Å². The summed E-state index contributed by atoms with van der Waals surface area (Å²) in [7, 11) is 0. The van der Waals surface area contributed by atoms with Crippen LogP contribution in [0.15, 0.2) is 11.3 Å². The molecule has 0 unspecified atom stereocenters. The van der Waals surface area contributed by atoms with Crippen LogP contribution in [0.5, 0.6) is 0 Å². The summed E-state index contributed by atoms with van der Waals surface area (Å²) in [5.74, 6) is -0.985. The van der Waals surface area contributed by atoms with E-state index in [0.29, 0.717) is 0 Å². The molecule has 0 spiro atoms. The zero-order chi connectivity index (χ0) is 18.8. The van der Waals surface area contributed by atoms with Crippen molar-refractivity contribution in [2.24, 2.45) is 4.99 Å². The van der Waals surface area contributed by atoms with Crippen LogP contribution in [0.25, 0.3) is 0 Å². The number of hydrogen-bond donors (Lipinski definition) is 1. The van der Waals surface area contributed by atoms with E-state index in [-0.39, 0.29) is 30.4 Å². The molecule has 0 radical (unpaired) electrons. The quantitative estimate of drug-likeness (QED) is 0.582. The summed E-state index contributed by atoms with van der Waals surface area (Å²) in [4.78, 5) is 42.8. The Bertz CT molecular complexity index is 763. The molecule has 11 heteroatoms. The average molecular weight is 385 g/mol. The zero-order valence-electron chi connectivity index (χ0n) is 14.0. The number of carbonyl (C=O) groups is 3. The molecule has 2 aliphatic heterocycles. The summed E-state index contributed by atoms with van der Waals surface area (Å²) >= 11 is 6.47. The van der Waals surface area contributed by atoms with Gasteiger partial charge in [0.25, 0.3) is 0 Å². The van der Waals surface area contributed by atoms with Gasteiger partial charge in [-0.3, -0.25) is 19.0 Å². The van der Waals surface area contributed by atoms with Gasteiger partial charge in [0.05, 0.1) is 19.2 Å². The van der Waals surface area contributed by atoms with Gasteiger partial charge in [0.2, 0.25) is 5.78 Å². The fourth-order valence-corrected chi connectivity index (χ4v) is 3.17. The van der Waals surface area contributed by atoms with E-state index >= 15 is 0 Å². The molecule has 3 rings (SSSR count). The number of ketones is 1. The number of imidazole rings is 1. The Morgan fingerprint density at radius 1 is 1.42 bits per heavy atom. The van der Waals surface area contributed by atoms with Crippen molar-refractivity contribution >= 4 is 41.5 Å². The summed E-state index contributed by atoms with van der Waals surface area (Å²) in [5, 5.41) is 1.93. The van der Waals surface area contributed by atoms with Gasteiger partial charge in [0, 0.05) is 13.8 Å². The number of alkyl halides is 1. The molecule has 140 valence electrons. The first-order valence-corrected chi connectivity index (χ1v) is 8.28. The normalized spacial score (nSPS) is 27.4. The number of nitrogens with one attached hydrogen (secondary N) is 1. The smallest absolute Gasteiger partial charge is 0.303 e. The first-order chi connectivity index (χ1) is 12.4. The highest BCUT2D eigenvalue weighted by Gasteiger charge is 2.48. The Morgan fingerprint density at radius 3 is 2.88 bits per heavy atom. The van der Waals surface area contributed by atoms with Gasteiger partial charge in [-0.05, 0) is 0 Å². The molecule has 4 atom stereocenters. The van der Waals surface area contributed by atoms with Gasteiger partial charge in [-0.2, -0.15) is 0 Å². The number of ether oxygens (including phenoxy) is 3. The van der Waals surface area contributed by atoms with E-state index in [1.165, 1.54) is 31.1 Å². The number of carbonyl (C=O) groups excluding carboxylic acids is 3. The molecular weight excluding hydrogens is 368 g/mol. The zero-order valence-corrected chi connectivity index (χ0v) is 14.8. The third-order valence-electron chi connectivity index (χ3n) is 3.87. The van der Waals surface area contributed by atoms with Crippen LogP contribution in [0.3, 0.4) is 0 Å². The molecule has 3 heterocycles. The van der Waals surface area contributed by atoms with Crippen molar-refractivity contribution in [1.82, 2.24) is 14.9 Å². The van der Waals surface area contributed by atoms with E-state index in [4.69, 9.17) is 25.8 Å². The maximum Gasteiger partial charge on any atom is 0.303 e. The molecule has 0 amide bonds. The van der Waals surface area contributed by atoms with Crippen molar-refractivity contribution in [3.8, 4) is 0 Å². The van der Waals surface area contributed by atoms with Crippen LogP contribution >= 0.6 is 11.6 Å². The summed E-state index contributed by atoms with van der Waals surface area (Å²) in [6.45, 7) is 2.45. The second kappa shape index (κ2) is 7.42. The second-order valence-electron chi connectivity index (χ2n) is 5.77. The lowest BCUT2D eigenvalue weighted by Crippen LogP contribution is -2.35. The third kappa shape index (κ3) is 3.56. The number of nitrogens with zero attached hydrogens (tertiary/aromatic N) is 3. The van der Waals surface area contributed by atoms with Crippen LogP contribution in [0.1, 0.15) is 30.6 Å². The second-order valence-corrected chi connectivity index (χ2v) is 6.28. The molecular formula is C15H17ClN4O6. The fourth-order valence-electron chi connectivity index (χ4n) is 2.78. The number of Topliss-reactive ketones (excluding diaryl/α,β-unsaturated/α-hetero) is 1. The number of rotatable bonds is 4. The maximum atomic E-state index is 12.0. The largest absolute Gasteiger partial charge is 0.463 e. The van der Waals surface area contributed by atoms with Crippen LogP contribution in [0.2, 0.25) is 0 Å². The lowest BCUT2D eigenvalue weighted by atomic mass is 10.1. The molecule has 1 aromatic heterocycles. The Hall–Kier alpha value is -2.46. The molecule has 0 saturated carbocycles. The van der Waals surface area contributed by atoms with Gasteiger partial charge in [0.15, 0.2) is 23.8 Å². The van der Waals surface area contributed by atoms with Gasteiger partial charge in [-0.1, -0.05) is 0 Å². The molecule has 2 aliphatic rings. The number of aromatic nitrogens is 2. The minimum atomic E-state index is -0.847. The predicted octanol–water partition coefficient (Wildman–Crippen LogP) is 0.328. The average Bonchev–Trinajstić information content (AvgIpc) is 3.05. The van der Waals surface area contributed by atoms with Crippen molar-refractivity contribution in [1.29, 1.82) is 0 Å². The Kier molecular flexibility index (Phi) is 5.23. The molecule has 26 heavy (non-hydrogen) atoms. The van der Waals surface area contributed by atoms with Crippen molar-refractivity contribution in [3.63, 3.8) is 0 Å². The molecule has 1 saturated heterocycles. The van der Waals surface area contributed by atoms with Crippen LogP contribution in [0, 0.1) is 0 Å². The third-order valence-corrected chi connectivity index (χ3v) is 4.33. The Labute approximate surface area is 153 Å². The first kappa shape index (κ1) is 18.3. The van der Waals surface area contributed by atoms with E-state index in [2.05, 4.69) is 15.3 Å². The number of fused-ring (bicyclic) bond motifs is 1. The van der Waals surface area contributed by atoms with Gasteiger partial charge in [-0.25, -0.2) is 9.98 Å². The topological polar surface area (TPSA) is 121 Å². The molecule has 0 aromatic carbocycles. The highest BCUT2D eigenvalue weighted by Crippen LogP contribution is 2.38. The molecule has 0 bridgehead atoms. The monoisotopic (exact) mass is 384 g/mol. The minimum absolute atomic E-state index is 0.0779. The lowest BCUT2D eigenvalue weighted by Gasteiger charge is -2.19. The minimum Gasteiger partial charge on any atom is -0.463 e.